The molecule has 65 heavy (non-hydrogen) atoms. The molecule has 4 aliphatic heterocycles. The molecule has 0 aliphatic carbocycles. The lowest BCUT2D eigenvalue weighted by Crippen LogP contribution is -2.34. The Hall–Kier alpha value is -3.95. The monoisotopic (exact) mass is 962 g/mol. The second kappa shape index (κ2) is 36.2. The summed E-state index contributed by atoms with van der Waals surface area (Å²) >= 11 is 3.28. The highest BCUT2D eigenvalue weighted by Gasteiger charge is 2.34. The van der Waals surface area contributed by atoms with E-state index in [1.807, 2.05) is 64.5 Å². The van der Waals surface area contributed by atoms with E-state index in [9.17, 15) is 9.59 Å². The standard InChI is InChI=1S/2C13H21N3.C11H10BrNO2.C10H14N2.2C2H6.CH4O.H2/c2*14-7-3-9-16-10-5-12(6-11-16)13-4-1-2-8-15-13;12-6-3-7-13-10(14)8-4-1-2-5-9(8)11(13)15;1-2-6-12-10(3-1)9-4-7-11-8-5-9;3*1-2;/h2*1-2,4,8,12H,3,5-7,9-11,14H2;1-2,4-5H,3,6-7H2;1-3,6,9,11H,4-5,7-8H2;2*1-2H3;2H,1H3;1H. The number of benzene rings is 1. The van der Waals surface area contributed by atoms with Gasteiger partial charge in [0.05, 0.1) is 11.1 Å². The number of imide groups is 1. The number of nitrogens with zero attached hydrogens (tertiary/aromatic N) is 6. The molecule has 3 aromatic heterocycles. The number of aromatic nitrogens is 3. The van der Waals surface area contributed by atoms with Gasteiger partial charge in [0.25, 0.3) is 11.8 Å². The van der Waals surface area contributed by atoms with Gasteiger partial charge in [-0.1, -0.05) is 74.0 Å². The molecule has 6 N–H and O–H groups in total. The van der Waals surface area contributed by atoms with Gasteiger partial charge in [0.1, 0.15) is 0 Å². The first-order valence-corrected chi connectivity index (χ1v) is 25.4. The van der Waals surface area contributed by atoms with E-state index in [1.165, 1.54) is 86.7 Å². The van der Waals surface area contributed by atoms with Gasteiger partial charge < -0.3 is 31.7 Å². The Morgan fingerprint density at radius 3 is 1.25 bits per heavy atom. The van der Waals surface area contributed by atoms with Crippen LogP contribution in [0.3, 0.4) is 0 Å². The molecule has 2 amide bonds. The van der Waals surface area contributed by atoms with Crippen molar-refractivity contribution in [2.75, 3.05) is 84.4 Å². The van der Waals surface area contributed by atoms with E-state index in [-0.39, 0.29) is 13.2 Å². The first-order chi connectivity index (χ1) is 32.0. The van der Waals surface area contributed by atoms with Gasteiger partial charge in [-0.25, -0.2) is 0 Å². The molecule has 8 rings (SSSR count). The van der Waals surface area contributed by atoms with Crippen LogP contribution in [0.2, 0.25) is 0 Å². The van der Waals surface area contributed by atoms with E-state index in [0.29, 0.717) is 35.4 Å². The predicted octanol–water partition coefficient (Wildman–Crippen LogP) is 8.74. The van der Waals surface area contributed by atoms with Crippen molar-refractivity contribution in [1.29, 1.82) is 0 Å². The van der Waals surface area contributed by atoms with Crippen molar-refractivity contribution in [3.05, 3.63) is 126 Å². The van der Waals surface area contributed by atoms with Gasteiger partial charge in [0.2, 0.25) is 0 Å². The van der Waals surface area contributed by atoms with E-state index >= 15 is 0 Å². The second-order valence-corrected chi connectivity index (χ2v) is 16.4. The molecule has 3 saturated heterocycles. The Morgan fingerprint density at radius 2 is 0.923 bits per heavy atom. The lowest BCUT2D eigenvalue weighted by molar-refractivity contribution is 0.0655. The zero-order chi connectivity index (χ0) is 47.5. The molecular formula is C52H84BrN9O3. The van der Waals surface area contributed by atoms with Crippen LogP contribution in [-0.2, 0) is 0 Å². The molecule has 0 unspecified atom stereocenters. The van der Waals surface area contributed by atoms with Crippen molar-refractivity contribution in [2.45, 2.75) is 103 Å². The Morgan fingerprint density at radius 1 is 0.569 bits per heavy atom. The lowest BCUT2D eigenvalue weighted by Gasteiger charge is -2.31. The summed E-state index contributed by atoms with van der Waals surface area (Å²) in [6, 6.07) is 25.6. The summed E-state index contributed by atoms with van der Waals surface area (Å²) in [5, 5.41) is 11.1. The molecule has 13 heteroatoms. The smallest absolute Gasteiger partial charge is 0.261 e. The number of carbonyl (C=O) groups is 2. The number of pyridine rings is 3. The highest BCUT2D eigenvalue weighted by Crippen LogP contribution is 2.28. The molecule has 362 valence electrons. The number of halogens is 1. The van der Waals surface area contributed by atoms with Gasteiger partial charge in [0, 0.05) is 73.8 Å². The quantitative estimate of drug-likeness (QED) is 0.0792. The number of fused-ring (bicyclic) bond motifs is 1. The van der Waals surface area contributed by atoms with Gasteiger partial charge in [-0.15, -0.1) is 0 Å². The molecule has 12 nitrogen and oxygen atoms in total. The summed E-state index contributed by atoms with van der Waals surface area (Å²) < 4.78 is 0. The van der Waals surface area contributed by atoms with E-state index < -0.39 is 0 Å². The lowest BCUT2D eigenvalue weighted by atomic mass is 9.93. The number of alkyl halides is 1. The number of rotatable bonds is 12. The van der Waals surface area contributed by atoms with Crippen LogP contribution in [0.5, 0.6) is 0 Å². The maximum Gasteiger partial charge on any atom is 0.261 e. The zero-order valence-corrected chi connectivity index (χ0v) is 41.9. The summed E-state index contributed by atoms with van der Waals surface area (Å²) in [6.45, 7) is 19.5. The van der Waals surface area contributed by atoms with Gasteiger partial charge in [0.15, 0.2) is 0 Å². The fraction of sp³-hybridized carbons (Fsp3) is 0.558. The van der Waals surface area contributed by atoms with Gasteiger partial charge in [-0.05, 0) is 172 Å². The van der Waals surface area contributed by atoms with Crippen molar-refractivity contribution in [1.82, 2.24) is 35.0 Å². The molecule has 0 atom stereocenters. The van der Waals surface area contributed by atoms with Crippen molar-refractivity contribution in [2.24, 2.45) is 11.5 Å². The average Bonchev–Trinajstić information content (AvgIpc) is 3.65. The van der Waals surface area contributed by atoms with Crippen LogP contribution < -0.4 is 16.8 Å². The third kappa shape index (κ3) is 20.6. The number of nitrogens with one attached hydrogen (secondary N) is 1. The maximum absolute atomic E-state index is 11.8. The first-order valence-electron chi connectivity index (χ1n) is 24.3. The summed E-state index contributed by atoms with van der Waals surface area (Å²) in [5.74, 6) is 1.67. The number of hydrogen-bond donors (Lipinski definition) is 4. The number of hydrogen-bond acceptors (Lipinski definition) is 11. The largest absolute Gasteiger partial charge is 0.400 e. The van der Waals surface area contributed by atoms with Crippen molar-refractivity contribution in [3.63, 3.8) is 0 Å². The minimum Gasteiger partial charge on any atom is -0.400 e. The number of likely N-dealkylation sites (tertiary alicyclic amines) is 2. The Balaban J connectivity index is 0.000000423. The Kier molecular flexibility index (Phi) is 31.8. The average molecular weight is 963 g/mol. The minimum atomic E-state index is -0.170. The van der Waals surface area contributed by atoms with Crippen molar-refractivity contribution in [3.8, 4) is 0 Å². The van der Waals surface area contributed by atoms with Crippen LogP contribution in [0, 0.1) is 0 Å². The molecule has 0 saturated carbocycles. The Labute approximate surface area is 402 Å². The van der Waals surface area contributed by atoms with Crippen LogP contribution in [0.25, 0.3) is 0 Å². The number of piperidine rings is 3. The van der Waals surface area contributed by atoms with Gasteiger partial charge >= 0.3 is 0 Å². The number of aliphatic hydroxyl groups excluding tert-OH is 1. The summed E-state index contributed by atoms with van der Waals surface area (Å²) in [4.78, 5) is 43.2. The van der Waals surface area contributed by atoms with Crippen LogP contribution in [0.15, 0.2) is 97.5 Å². The SMILES string of the molecule is CC.CC.CO.NCCCN1CCC(c2ccccn2)CC1.NCCCN1CCC(c2ccccn2)CC1.O=C1c2ccccc2C(=O)N1CCCBr.[HH].c1ccc(C2CCNCC2)nc1. The van der Waals surface area contributed by atoms with Crippen molar-refractivity contribution < 1.29 is 16.1 Å². The van der Waals surface area contributed by atoms with E-state index in [4.69, 9.17) is 16.6 Å². The number of nitrogens with two attached hydrogens (primary N) is 2. The maximum atomic E-state index is 11.8. The van der Waals surface area contributed by atoms with Gasteiger partial charge in [-0.3, -0.25) is 29.4 Å². The molecule has 0 spiro atoms. The zero-order valence-electron chi connectivity index (χ0n) is 40.3. The van der Waals surface area contributed by atoms with Crippen LogP contribution in [0.4, 0.5) is 0 Å². The molecule has 7 heterocycles. The molecule has 1 aromatic carbocycles. The molecule has 0 radical (unpaired) electrons. The van der Waals surface area contributed by atoms with E-state index in [1.54, 1.807) is 24.3 Å². The van der Waals surface area contributed by atoms with Crippen LogP contribution >= 0.6 is 15.9 Å². The first kappa shape index (κ1) is 57.2. The molecule has 0 bridgehead atoms. The van der Waals surface area contributed by atoms with Crippen LogP contribution in [-0.4, -0.2) is 131 Å². The summed E-state index contributed by atoms with van der Waals surface area (Å²) in [6.07, 6.45) is 16.1. The highest BCUT2D eigenvalue weighted by molar-refractivity contribution is 9.09. The number of amides is 2. The molecular weight excluding hydrogens is 879 g/mol. The third-order valence-electron chi connectivity index (χ3n) is 11.6. The summed E-state index contributed by atoms with van der Waals surface area (Å²) in [5.41, 5.74) is 15.9. The highest BCUT2D eigenvalue weighted by atomic mass is 79.9. The Bertz CT molecular complexity index is 1660. The molecule has 4 aromatic rings. The molecule has 3 fully saturated rings. The third-order valence-corrected chi connectivity index (χ3v) is 12.1. The van der Waals surface area contributed by atoms with E-state index in [0.717, 1.165) is 71.0 Å². The van der Waals surface area contributed by atoms with Crippen molar-refractivity contribution >= 4 is 27.7 Å². The van der Waals surface area contributed by atoms with Gasteiger partial charge in [-0.2, -0.15) is 0 Å². The summed E-state index contributed by atoms with van der Waals surface area (Å²) in [7, 11) is 1.00. The normalized spacial score (nSPS) is 16.5. The predicted molar refractivity (Wildman–Crippen MR) is 275 cm³/mol. The topological polar surface area (TPSA) is 167 Å². The molecule has 4 aliphatic rings. The second-order valence-electron chi connectivity index (χ2n) is 15.7. The minimum absolute atomic E-state index is 0. The fourth-order valence-electron chi connectivity index (χ4n) is 8.16. The number of carbonyl (C=O) groups excluding carboxylic acids is 2. The fourth-order valence-corrected chi connectivity index (χ4v) is 8.42. The number of aliphatic hydroxyl groups is 1. The van der Waals surface area contributed by atoms with E-state index in [2.05, 4.69) is 82.4 Å². The van der Waals surface area contributed by atoms with Crippen LogP contribution in [0.1, 0.15) is 142 Å².